The number of aryl methyl sites for hydroxylation is 2. The van der Waals surface area contributed by atoms with Gasteiger partial charge in [-0.05, 0) is 81.0 Å². The Bertz CT molecular complexity index is 1410. The quantitative estimate of drug-likeness (QED) is 0.199. The lowest BCUT2D eigenvalue weighted by Crippen LogP contribution is -2.43. The van der Waals surface area contributed by atoms with Crippen molar-refractivity contribution in [2.24, 2.45) is 5.92 Å². The fraction of sp³-hybridized carbons (Fsp3) is 0.452. The third kappa shape index (κ3) is 6.94. The molecule has 0 radical (unpaired) electrons. The van der Waals surface area contributed by atoms with Crippen LogP contribution in [0.25, 0.3) is 5.69 Å². The lowest BCUT2D eigenvalue weighted by atomic mass is 9.97. The zero-order chi connectivity index (χ0) is 30.6. The second-order valence-electron chi connectivity index (χ2n) is 10.6. The van der Waals surface area contributed by atoms with Gasteiger partial charge in [0.2, 0.25) is 0 Å². The number of benzene rings is 2. The second kappa shape index (κ2) is 13.0. The summed E-state index contributed by atoms with van der Waals surface area (Å²) in [4.78, 5) is 26.8. The summed E-state index contributed by atoms with van der Waals surface area (Å²) in [6.07, 6.45) is -0.740. The topological polar surface area (TPSA) is 73.7 Å². The molecule has 4 rings (SSSR count). The number of rotatable bonds is 9. The van der Waals surface area contributed by atoms with Gasteiger partial charge in [-0.2, -0.15) is 18.3 Å². The van der Waals surface area contributed by atoms with Crippen LogP contribution < -0.4 is 4.74 Å². The Morgan fingerprint density at radius 3 is 2.43 bits per heavy atom. The van der Waals surface area contributed by atoms with Crippen LogP contribution in [-0.4, -0.2) is 46.3 Å². The molecule has 0 bridgehead atoms. The summed E-state index contributed by atoms with van der Waals surface area (Å²) in [6, 6.07) is 7.84. The minimum Gasteiger partial charge on any atom is -0.486 e. The van der Waals surface area contributed by atoms with Crippen LogP contribution in [0.2, 0.25) is 0 Å². The van der Waals surface area contributed by atoms with E-state index in [2.05, 4.69) is 5.10 Å². The van der Waals surface area contributed by atoms with E-state index < -0.39 is 35.5 Å². The summed E-state index contributed by atoms with van der Waals surface area (Å²) in [5.74, 6) is -1.45. The highest BCUT2D eigenvalue weighted by molar-refractivity contribution is 5.95. The molecule has 0 saturated carbocycles. The monoisotopic (exact) mass is 589 g/mol. The van der Waals surface area contributed by atoms with Crippen molar-refractivity contribution in [2.75, 3.05) is 19.7 Å². The first-order valence-corrected chi connectivity index (χ1v) is 14.1. The molecule has 1 unspecified atom stereocenters. The van der Waals surface area contributed by atoms with Crippen LogP contribution in [-0.2, 0) is 15.7 Å². The maximum atomic E-state index is 15.3. The van der Waals surface area contributed by atoms with E-state index in [1.807, 2.05) is 6.92 Å². The van der Waals surface area contributed by atoms with E-state index >= 15 is 4.39 Å². The van der Waals surface area contributed by atoms with Gasteiger partial charge in [0.25, 0.3) is 5.91 Å². The molecular formula is C31H35F4N3O4. The van der Waals surface area contributed by atoms with Gasteiger partial charge in [0, 0.05) is 19.3 Å². The fourth-order valence-corrected chi connectivity index (χ4v) is 5.35. The average Bonchev–Trinajstić information content (AvgIpc) is 3.43. The standard InChI is InChI=1S/C31H35F4N3O4/c1-5-8-27(42-24-13-19(3)28(20(4)14-24)38-18-23(16-36-38)31(33,34)35)21-10-11-25(26(32)15-21)29(39)37-12-7-9-22(17-37)30(40)41-6-2/h10-11,13-16,18,22,27H,5-9,12,17H2,1-4H3/t22-,27?/m0/s1. The van der Waals surface area contributed by atoms with Gasteiger partial charge in [-0.15, -0.1) is 0 Å². The third-order valence-corrected chi connectivity index (χ3v) is 7.36. The van der Waals surface area contributed by atoms with Crippen LogP contribution in [0.5, 0.6) is 5.75 Å². The molecule has 2 aromatic carbocycles. The van der Waals surface area contributed by atoms with Crippen LogP contribution in [0.1, 0.15) is 78.2 Å². The summed E-state index contributed by atoms with van der Waals surface area (Å²) in [6.45, 7) is 8.09. The molecular weight excluding hydrogens is 554 g/mol. The minimum absolute atomic E-state index is 0.0769. The van der Waals surface area contributed by atoms with Gasteiger partial charge in [0.05, 0.1) is 35.5 Å². The number of amides is 1. The highest BCUT2D eigenvalue weighted by atomic mass is 19.4. The normalized spacial score (nSPS) is 16.3. The number of hydrogen-bond donors (Lipinski definition) is 0. The molecule has 1 aliphatic heterocycles. The van der Waals surface area contributed by atoms with Crippen LogP contribution in [0.4, 0.5) is 17.6 Å². The molecule has 11 heteroatoms. The molecule has 1 aromatic heterocycles. The molecule has 7 nitrogen and oxygen atoms in total. The number of ether oxygens (including phenoxy) is 2. The molecule has 0 N–H and O–H groups in total. The number of aromatic nitrogens is 2. The Balaban J connectivity index is 1.52. The lowest BCUT2D eigenvalue weighted by molar-refractivity contribution is -0.149. The van der Waals surface area contributed by atoms with E-state index in [-0.39, 0.29) is 24.7 Å². The number of hydrogen-bond acceptors (Lipinski definition) is 5. The molecule has 2 heterocycles. The molecule has 0 spiro atoms. The van der Waals surface area contributed by atoms with Crippen molar-refractivity contribution in [1.82, 2.24) is 14.7 Å². The van der Waals surface area contributed by atoms with Crippen molar-refractivity contribution in [3.05, 3.63) is 76.4 Å². The number of likely N-dealkylation sites (tertiary alicyclic amines) is 1. The number of esters is 1. The summed E-state index contributed by atoms with van der Waals surface area (Å²) in [5, 5.41) is 3.89. The average molecular weight is 590 g/mol. The predicted molar refractivity (Wildman–Crippen MR) is 148 cm³/mol. The number of halogens is 4. The summed E-state index contributed by atoms with van der Waals surface area (Å²) in [7, 11) is 0. The van der Waals surface area contributed by atoms with E-state index in [1.54, 1.807) is 39.0 Å². The highest BCUT2D eigenvalue weighted by Gasteiger charge is 2.33. The van der Waals surface area contributed by atoms with E-state index in [9.17, 15) is 22.8 Å². The van der Waals surface area contributed by atoms with Crippen molar-refractivity contribution in [2.45, 2.75) is 65.7 Å². The molecule has 1 fully saturated rings. The molecule has 42 heavy (non-hydrogen) atoms. The van der Waals surface area contributed by atoms with Crippen LogP contribution in [0.15, 0.2) is 42.7 Å². The molecule has 1 amide bonds. The first kappa shape index (κ1) is 31.1. The molecule has 226 valence electrons. The Morgan fingerprint density at radius 1 is 1.12 bits per heavy atom. The largest absolute Gasteiger partial charge is 0.486 e. The van der Waals surface area contributed by atoms with Gasteiger partial charge in [0.15, 0.2) is 0 Å². The maximum absolute atomic E-state index is 15.3. The van der Waals surface area contributed by atoms with E-state index in [1.165, 1.54) is 21.7 Å². The van der Waals surface area contributed by atoms with Crippen molar-refractivity contribution in [3.8, 4) is 11.4 Å². The van der Waals surface area contributed by atoms with E-state index in [4.69, 9.17) is 9.47 Å². The number of carbonyl (C=O) groups excluding carboxylic acids is 2. The van der Waals surface area contributed by atoms with Gasteiger partial charge < -0.3 is 14.4 Å². The first-order valence-electron chi connectivity index (χ1n) is 14.1. The zero-order valence-corrected chi connectivity index (χ0v) is 24.1. The second-order valence-corrected chi connectivity index (χ2v) is 10.6. The van der Waals surface area contributed by atoms with Gasteiger partial charge in [-0.25, -0.2) is 9.07 Å². The lowest BCUT2D eigenvalue weighted by Gasteiger charge is -2.31. The molecule has 1 aliphatic rings. The van der Waals surface area contributed by atoms with E-state index in [0.29, 0.717) is 53.9 Å². The van der Waals surface area contributed by atoms with Crippen LogP contribution in [0.3, 0.4) is 0 Å². The molecule has 0 aliphatic carbocycles. The van der Waals surface area contributed by atoms with Crippen molar-refractivity contribution in [3.63, 3.8) is 0 Å². The minimum atomic E-state index is -4.50. The van der Waals surface area contributed by atoms with E-state index in [0.717, 1.165) is 18.8 Å². The fourth-order valence-electron chi connectivity index (χ4n) is 5.35. The Morgan fingerprint density at radius 2 is 1.83 bits per heavy atom. The zero-order valence-electron chi connectivity index (χ0n) is 24.1. The van der Waals surface area contributed by atoms with Crippen molar-refractivity contribution in [1.29, 1.82) is 0 Å². The predicted octanol–water partition coefficient (Wildman–Crippen LogP) is 6.98. The Hall–Kier alpha value is -3.89. The van der Waals surface area contributed by atoms with Gasteiger partial charge >= 0.3 is 12.1 Å². The summed E-state index contributed by atoms with van der Waals surface area (Å²) in [5.41, 5.74) is 1.47. The summed E-state index contributed by atoms with van der Waals surface area (Å²) < 4.78 is 67.2. The molecule has 3 aromatic rings. The molecule has 2 atom stereocenters. The highest BCUT2D eigenvalue weighted by Crippen LogP contribution is 2.33. The first-order chi connectivity index (χ1) is 19.9. The van der Waals surface area contributed by atoms with Gasteiger partial charge in [-0.3, -0.25) is 9.59 Å². The maximum Gasteiger partial charge on any atom is 0.419 e. The van der Waals surface area contributed by atoms with Crippen LogP contribution in [0, 0.1) is 25.6 Å². The number of piperidine rings is 1. The van der Waals surface area contributed by atoms with Crippen molar-refractivity contribution < 1.29 is 36.6 Å². The number of alkyl halides is 3. The molecule has 1 saturated heterocycles. The van der Waals surface area contributed by atoms with Gasteiger partial charge in [0.1, 0.15) is 17.7 Å². The SMILES string of the molecule is CCCC(Oc1cc(C)c(-n2cc(C(F)(F)F)cn2)c(C)c1)c1ccc(C(=O)N2CCC[C@H](C(=O)OCC)C2)c(F)c1. The smallest absolute Gasteiger partial charge is 0.419 e. The number of nitrogens with zero attached hydrogens (tertiary/aromatic N) is 3. The summed E-state index contributed by atoms with van der Waals surface area (Å²) >= 11 is 0. The van der Waals surface area contributed by atoms with Crippen LogP contribution >= 0.6 is 0 Å². The Labute approximate surface area is 242 Å². The van der Waals surface area contributed by atoms with Gasteiger partial charge in [-0.1, -0.05) is 19.4 Å². The Kier molecular flexibility index (Phi) is 9.58. The van der Waals surface area contributed by atoms with Crippen molar-refractivity contribution >= 4 is 11.9 Å². The third-order valence-electron chi connectivity index (χ3n) is 7.36. The number of carbonyl (C=O) groups is 2.